The van der Waals surface area contributed by atoms with Crippen LogP contribution < -0.4 is 16.2 Å². The van der Waals surface area contributed by atoms with E-state index >= 15 is 0 Å². The lowest BCUT2D eigenvalue weighted by molar-refractivity contribution is -0.129. The number of H-pyrrole nitrogens is 1. The number of carbonyl (C=O) groups is 1. The Bertz CT molecular complexity index is 968. The summed E-state index contributed by atoms with van der Waals surface area (Å²) in [7, 11) is 3.29. The maximum atomic E-state index is 12.6. The zero-order chi connectivity index (χ0) is 19.9. The molecule has 4 N–H and O–H groups in total. The lowest BCUT2D eigenvalue weighted by Crippen LogP contribution is -2.32. The van der Waals surface area contributed by atoms with Crippen LogP contribution in [0.3, 0.4) is 0 Å². The van der Waals surface area contributed by atoms with Crippen LogP contribution in [0, 0.1) is 0 Å². The summed E-state index contributed by atoms with van der Waals surface area (Å²) >= 11 is 2.04. The van der Waals surface area contributed by atoms with E-state index in [1.807, 2.05) is 6.92 Å². The number of aromatic amines is 1. The van der Waals surface area contributed by atoms with Crippen molar-refractivity contribution in [3.8, 4) is 0 Å². The molecule has 10 nitrogen and oxygen atoms in total. The van der Waals surface area contributed by atoms with E-state index in [4.69, 9.17) is 10.5 Å². The summed E-state index contributed by atoms with van der Waals surface area (Å²) in [6.45, 7) is 1.82. The number of amides is 1. The molecule has 4 atom stereocenters. The Morgan fingerprint density at radius 2 is 2.19 bits per heavy atom. The van der Waals surface area contributed by atoms with Gasteiger partial charge in [-0.15, -0.1) is 11.8 Å². The number of hydrogen-bond acceptors (Lipinski definition) is 9. The maximum Gasteiger partial charge on any atom is 0.311 e. The molecule has 0 bridgehead atoms. The Morgan fingerprint density at radius 3 is 2.81 bits per heavy atom. The number of thioether (sulfide) groups is 1. The number of aliphatic hydroxyl groups is 1. The van der Waals surface area contributed by atoms with Crippen LogP contribution in [0.25, 0.3) is 10.3 Å². The molecule has 3 rings (SSSR count). The van der Waals surface area contributed by atoms with Gasteiger partial charge in [0.1, 0.15) is 10.1 Å². The summed E-state index contributed by atoms with van der Waals surface area (Å²) in [4.78, 5) is 44.4. The molecule has 148 valence electrons. The van der Waals surface area contributed by atoms with Gasteiger partial charge >= 0.3 is 4.87 Å². The molecule has 0 aliphatic carbocycles. The topological polar surface area (TPSA) is 144 Å². The van der Waals surface area contributed by atoms with Crippen molar-refractivity contribution < 1.29 is 14.6 Å². The van der Waals surface area contributed by atoms with Crippen LogP contribution in [-0.4, -0.2) is 61.3 Å². The number of nitrogens with zero attached hydrogens (tertiary/aromatic N) is 3. The van der Waals surface area contributed by atoms with Gasteiger partial charge in [-0.05, 0) is 6.42 Å². The first-order valence-corrected chi connectivity index (χ1v) is 10.1. The van der Waals surface area contributed by atoms with Crippen molar-refractivity contribution in [2.24, 2.45) is 0 Å². The van der Waals surface area contributed by atoms with Gasteiger partial charge in [0.15, 0.2) is 11.9 Å². The summed E-state index contributed by atoms with van der Waals surface area (Å²) in [5, 5.41) is 9.76. The van der Waals surface area contributed by atoms with Crippen molar-refractivity contribution in [1.29, 1.82) is 0 Å². The average Bonchev–Trinajstić information content (AvgIpc) is 3.14. The van der Waals surface area contributed by atoms with Crippen molar-refractivity contribution >= 4 is 45.3 Å². The van der Waals surface area contributed by atoms with Gasteiger partial charge in [0.25, 0.3) is 5.56 Å². The number of ether oxygens (including phenoxy) is 1. The molecule has 1 fully saturated rings. The van der Waals surface area contributed by atoms with Crippen LogP contribution in [0.15, 0.2) is 9.59 Å². The lowest BCUT2D eigenvalue weighted by Gasteiger charge is -2.20. The number of carbonyl (C=O) groups excluding carboxylic acids is 1. The molecule has 3 heterocycles. The first-order valence-electron chi connectivity index (χ1n) is 8.32. The third-order valence-electron chi connectivity index (χ3n) is 4.25. The van der Waals surface area contributed by atoms with E-state index in [0.29, 0.717) is 6.42 Å². The number of aromatic nitrogens is 3. The van der Waals surface area contributed by atoms with Crippen molar-refractivity contribution in [3.63, 3.8) is 0 Å². The molecular formula is C15H21N5O5S2. The molecule has 1 aliphatic rings. The van der Waals surface area contributed by atoms with Crippen LogP contribution in [0.4, 0.5) is 5.95 Å². The summed E-state index contributed by atoms with van der Waals surface area (Å²) in [6, 6.07) is 0. The molecule has 2 aromatic rings. The highest BCUT2D eigenvalue weighted by atomic mass is 32.2. The van der Waals surface area contributed by atoms with Crippen LogP contribution in [0.2, 0.25) is 0 Å². The van der Waals surface area contributed by atoms with Gasteiger partial charge in [-0.3, -0.25) is 23.9 Å². The minimum Gasteiger partial charge on any atom is -0.390 e. The predicted octanol–water partition coefficient (Wildman–Crippen LogP) is -0.0656. The molecule has 2 aromatic heterocycles. The fourth-order valence-electron chi connectivity index (χ4n) is 2.77. The second-order valence-electron chi connectivity index (χ2n) is 6.38. The predicted molar refractivity (Wildman–Crippen MR) is 104 cm³/mol. The number of rotatable bonds is 5. The van der Waals surface area contributed by atoms with Crippen LogP contribution >= 0.6 is 23.1 Å². The summed E-state index contributed by atoms with van der Waals surface area (Å²) in [5.74, 6) is -0.249. The largest absolute Gasteiger partial charge is 0.390 e. The SMILES string of the molecule is CC[C@H](O)[C@H]1O[C@@H](n2c(=O)sc3c(=O)[nH]c(N)nc32)[C@H](CC(=O)N(C)C)S1. The average molecular weight is 415 g/mol. The molecule has 1 amide bonds. The molecule has 0 saturated carbocycles. The van der Waals surface area contributed by atoms with E-state index in [1.54, 1.807) is 14.1 Å². The van der Waals surface area contributed by atoms with Crippen molar-refractivity contribution in [2.45, 2.75) is 42.8 Å². The van der Waals surface area contributed by atoms with E-state index in [0.717, 1.165) is 11.3 Å². The lowest BCUT2D eigenvalue weighted by atomic mass is 10.2. The fourth-order valence-corrected chi connectivity index (χ4v) is 5.07. The third-order valence-corrected chi connectivity index (χ3v) is 6.64. The highest BCUT2D eigenvalue weighted by Gasteiger charge is 2.42. The standard InChI is InChI=1S/C15H21N5O5S2/c1-4-6(21)13-25-12(7(26-13)5-8(22)19(2)3)20-10-9(27-15(20)24)11(23)18-14(16)17-10/h6-7,12-13,21H,4-5H2,1-3H3,(H3,16,17,18,23)/t6-,7-,12+,13-/m0/s1. The molecule has 0 spiro atoms. The van der Waals surface area contributed by atoms with Crippen LogP contribution in [-0.2, 0) is 9.53 Å². The van der Waals surface area contributed by atoms with Gasteiger partial charge in [-0.2, -0.15) is 4.98 Å². The summed E-state index contributed by atoms with van der Waals surface area (Å²) < 4.78 is 7.34. The number of nitrogen functional groups attached to an aromatic ring is 1. The molecule has 0 radical (unpaired) electrons. The number of thiazole rings is 1. The first-order chi connectivity index (χ1) is 12.7. The Kier molecular flexibility index (Phi) is 5.60. The Morgan fingerprint density at radius 1 is 1.48 bits per heavy atom. The highest BCUT2D eigenvalue weighted by molar-refractivity contribution is 8.00. The Balaban J connectivity index is 2.07. The zero-order valence-electron chi connectivity index (χ0n) is 15.0. The summed E-state index contributed by atoms with van der Waals surface area (Å²) in [6.07, 6.45) is -1.03. The van der Waals surface area contributed by atoms with Gasteiger partial charge < -0.3 is 20.5 Å². The van der Waals surface area contributed by atoms with Crippen LogP contribution in [0.1, 0.15) is 26.0 Å². The van der Waals surface area contributed by atoms with Gasteiger partial charge in [0.05, 0.1) is 11.4 Å². The normalized spacial score (nSPS) is 23.6. The second kappa shape index (κ2) is 7.62. The van der Waals surface area contributed by atoms with Gasteiger partial charge in [-0.1, -0.05) is 18.3 Å². The van der Waals surface area contributed by atoms with Gasteiger partial charge in [0.2, 0.25) is 11.9 Å². The van der Waals surface area contributed by atoms with E-state index in [2.05, 4.69) is 9.97 Å². The quantitative estimate of drug-likeness (QED) is 0.616. The fraction of sp³-hybridized carbons (Fsp3) is 0.600. The molecule has 0 aromatic carbocycles. The van der Waals surface area contributed by atoms with E-state index in [1.165, 1.54) is 21.2 Å². The molecule has 27 heavy (non-hydrogen) atoms. The van der Waals surface area contributed by atoms with Gasteiger partial charge in [-0.25, -0.2) is 0 Å². The Hall–Kier alpha value is -1.89. The summed E-state index contributed by atoms with van der Waals surface area (Å²) in [5.41, 5.74) is 4.65. The minimum atomic E-state index is -0.847. The number of nitrogens with two attached hydrogens (primary N) is 1. The van der Waals surface area contributed by atoms with E-state index in [9.17, 15) is 19.5 Å². The van der Waals surface area contributed by atoms with Crippen LogP contribution in [0.5, 0.6) is 0 Å². The van der Waals surface area contributed by atoms with Gasteiger partial charge in [0, 0.05) is 20.5 Å². The number of nitrogens with one attached hydrogen (secondary N) is 1. The Labute approximate surface area is 162 Å². The van der Waals surface area contributed by atoms with Crippen molar-refractivity contribution in [3.05, 3.63) is 20.0 Å². The molecule has 1 aliphatic heterocycles. The smallest absolute Gasteiger partial charge is 0.311 e. The van der Waals surface area contributed by atoms with Crippen molar-refractivity contribution in [1.82, 2.24) is 19.4 Å². The third kappa shape index (κ3) is 3.74. The highest BCUT2D eigenvalue weighted by Crippen LogP contribution is 2.43. The van der Waals surface area contributed by atoms with Crippen molar-refractivity contribution in [2.75, 3.05) is 19.8 Å². The number of fused-ring (bicyclic) bond motifs is 1. The number of hydrogen-bond donors (Lipinski definition) is 3. The zero-order valence-corrected chi connectivity index (χ0v) is 16.7. The minimum absolute atomic E-state index is 0.109. The van der Waals surface area contributed by atoms with E-state index < -0.39 is 33.5 Å². The first kappa shape index (κ1) is 19.9. The molecule has 0 unspecified atom stereocenters. The maximum absolute atomic E-state index is 12.6. The molecule has 12 heteroatoms. The molecular weight excluding hydrogens is 394 g/mol. The van der Waals surface area contributed by atoms with E-state index in [-0.39, 0.29) is 28.6 Å². The second-order valence-corrected chi connectivity index (χ2v) is 8.68. The molecule has 1 saturated heterocycles. The number of aliphatic hydroxyl groups excluding tert-OH is 1. The number of anilines is 1. The monoisotopic (exact) mass is 415 g/mol.